The Morgan fingerprint density at radius 3 is 2.69 bits per heavy atom. The summed E-state index contributed by atoms with van der Waals surface area (Å²) in [5.41, 5.74) is 0.159. The molecule has 6 heteroatoms. The molecular weight excluding hydrogens is 253 g/mol. The normalized spacial score (nSPS) is 9.81. The lowest BCUT2D eigenvalue weighted by atomic mass is 10.1. The van der Waals surface area contributed by atoms with Crippen molar-refractivity contribution in [3.05, 3.63) is 35.0 Å². The Hall–Kier alpha value is -1.52. The Kier molecular flexibility index (Phi) is 3.57. The molecule has 0 bridgehead atoms. The smallest absolute Gasteiger partial charge is 0.341 e. The van der Waals surface area contributed by atoms with Gasteiger partial charge in [0.1, 0.15) is 11.3 Å². The van der Waals surface area contributed by atoms with Crippen molar-refractivity contribution in [1.82, 2.24) is 4.98 Å². The van der Waals surface area contributed by atoms with Crippen molar-refractivity contribution in [3.8, 4) is 5.75 Å². The first-order chi connectivity index (χ1) is 7.11. The van der Waals surface area contributed by atoms with Crippen molar-refractivity contribution in [3.63, 3.8) is 0 Å². The number of carboxylic acid groups (broad SMARTS) is 1. The number of hydrogen-bond donors (Lipinski definition) is 2. The third-order valence-electron chi connectivity index (χ3n) is 2.05. The van der Waals surface area contributed by atoms with Crippen LogP contribution in [0.1, 0.15) is 10.4 Å². The molecule has 2 rings (SSSR count). The van der Waals surface area contributed by atoms with Crippen LogP contribution in [0.15, 0.2) is 24.4 Å². The number of aromatic hydroxyl groups is 1. The van der Waals surface area contributed by atoms with Crippen LogP contribution in [0.2, 0.25) is 5.02 Å². The number of pyridine rings is 1. The van der Waals surface area contributed by atoms with E-state index in [2.05, 4.69) is 4.98 Å². The molecule has 84 valence electrons. The lowest BCUT2D eigenvalue weighted by Crippen LogP contribution is -1.98. The summed E-state index contributed by atoms with van der Waals surface area (Å²) < 4.78 is 0. The monoisotopic (exact) mass is 259 g/mol. The van der Waals surface area contributed by atoms with E-state index < -0.39 is 5.97 Å². The average molecular weight is 260 g/mol. The van der Waals surface area contributed by atoms with Crippen LogP contribution in [0.5, 0.6) is 5.75 Å². The van der Waals surface area contributed by atoms with E-state index in [1.165, 1.54) is 0 Å². The second-order valence-electron chi connectivity index (χ2n) is 2.96. The Bertz CT molecular complexity index is 557. The van der Waals surface area contributed by atoms with Crippen molar-refractivity contribution >= 4 is 40.9 Å². The Labute approximate surface area is 102 Å². The minimum Gasteiger partial charge on any atom is -0.506 e. The molecule has 0 aliphatic rings. The van der Waals surface area contributed by atoms with E-state index in [0.717, 1.165) is 6.20 Å². The van der Waals surface area contributed by atoms with Gasteiger partial charge in [0.05, 0.1) is 10.5 Å². The Morgan fingerprint density at radius 2 is 2.06 bits per heavy atom. The molecule has 0 saturated heterocycles. The molecule has 2 N–H and O–H groups in total. The van der Waals surface area contributed by atoms with Gasteiger partial charge in [-0.1, -0.05) is 17.7 Å². The van der Waals surface area contributed by atoms with E-state index in [4.69, 9.17) is 16.7 Å². The number of benzene rings is 1. The number of aromatic nitrogens is 1. The lowest BCUT2D eigenvalue weighted by Gasteiger charge is -2.04. The predicted octanol–water partition coefficient (Wildman–Crippen LogP) is 2.71. The number of aromatic carboxylic acids is 1. The number of carboxylic acids is 1. The molecule has 0 aliphatic heterocycles. The maximum atomic E-state index is 10.7. The van der Waals surface area contributed by atoms with Crippen molar-refractivity contribution < 1.29 is 15.0 Å². The molecule has 0 unspecified atom stereocenters. The number of para-hydroxylation sites is 1. The molecule has 0 saturated carbocycles. The summed E-state index contributed by atoms with van der Waals surface area (Å²) in [6, 6.07) is 4.81. The van der Waals surface area contributed by atoms with Crippen LogP contribution in [-0.2, 0) is 0 Å². The maximum absolute atomic E-state index is 10.7. The summed E-state index contributed by atoms with van der Waals surface area (Å²) in [5, 5.41) is 19.1. The zero-order valence-electron chi connectivity index (χ0n) is 7.85. The molecule has 0 amide bonds. The van der Waals surface area contributed by atoms with Crippen molar-refractivity contribution in [2.75, 3.05) is 0 Å². The van der Waals surface area contributed by atoms with Gasteiger partial charge in [0.15, 0.2) is 0 Å². The van der Waals surface area contributed by atoms with Gasteiger partial charge in [-0.25, -0.2) is 4.79 Å². The largest absolute Gasteiger partial charge is 0.506 e. The van der Waals surface area contributed by atoms with Crippen LogP contribution in [0, 0.1) is 0 Å². The van der Waals surface area contributed by atoms with Crippen LogP contribution in [0.4, 0.5) is 0 Å². The number of halogens is 2. The second kappa shape index (κ2) is 4.55. The summed E-state index contributed by atoms with van der Waals surface area (Å²) in [6.07, 6.45) is 1.09. The molecule has 0 spiro atoms. The Morgan fingerprint density at radius 1 is 1.38 bits per heavy atom. The number of fused-ring (bicyclic) bond motifs is 1. The first-order valence-electron chi connectivity index (χ1n) is 4.10. The highest BCUT2D eigenvalue weighted by atomic mass is 35.5. The van der Waals surface area contributed by atoms with Gasteiger partial charge in [0, 0.05) is 11.6 Å². The van der Waals surface area contributed by atoms with Crippen LogP contribution in [0.25, 0.3) is 10.9 Å². The van der Waals surface area contributed by atoms with Crippen molar-refractivity contribution in [2.45, 2.75) is 0 Å². The molecule has 0 fully saturated rings. The molecule has 0 aliphatic carbocycles. The molecular formula is C10H7Cl2NO3. The fourth-order valence-electron chi connectivity index (χ4n) is 1.33. The molecule has 1 aromatic heterocycles. The SMILES string of the molecule is Cl.O=C(O)c1cnc2c(Cl)cccc2c1O. The molecule has 1 aromatic carbocycles. The third-order valence-corrected chi connectivity index (χ3v) is 2.36. The van der Waals surface area contributed by atoms with Crippen LogP contribution < -0.4 is 0 Å². The van der Waals surface area contributed by atoms with Gasteiger partial charge in [0.25, 0.3) is 0 Å². The van der Waals surface area contributed by atoms with Crippen LogP contribution in [0.3, 0.4) is 0 Å². The number of hydrogen-bond acceptors (Lipinski definition) is 3. The zero-order chi connectivity index (χ0) is 11.0. The molecule has 2 aromatic rings. The van der Waals surface area contributed by atoms with E-state index >= 15 is 0 Å². The van der Waals surface area contributed by atoms with Crippen molar-refractivity contribution in [1.29, 1.82) is 0 Å². The van der Waals surface area contributed by atoms with Gasteiger partial charge in [-0.3, -0.25) is 4.98 Å². The number of nitrogens with zero attached hydrogens (tertiary/aromatic N) is 1. The topological polar surface area (TPSA) is 70.4 Å². The molecule has 0 atom stereocenters. The van der Waals surface area contributed by atoms with E-state index in [9.17, 15) is 9.90 Å². The Balaban J connectivity index is 0.00000128. The third kappa shape index (κ3) is 1.89. The maximum Gasteiger partial charge on any atom is 0.341 e. The molecule has 16 heavy (non-hydrogen) atoms. The van der Waals surface area contributed by atoms with E-state index in [1.54, 1.807) is 18.2 Å². The quantitative estimate of drug-likeness (QED) is 0.826. The fourth-order valence-corrected chi connectivity index (χ4v) is 1.55. The highest BCUT2D eigenvalue weighted by Crippen LogP contribution is 2.30. The van der Waals surface area contributed by atoms with Gasteiger partial charge in [-0.05, 0) is 12.1 Å². The van der Waals surface area contributed by atoms with Gasteiger partial charge < -0.3 is 10.2 Å². The molecule has 4 nitrogen and oxygen atoms in total. The summed E-state index contributed by atoms with van der Waals surface area (Å²) in [4.78, 5) is 14.6. The highest BCUT2D eigenvalue weighted by molar-refractivity contribution is 6.35. The summed E-state index contributed by atoms with van der Waals surface area (Å²) in [7, 11) is 0. The number of rotatable bonds is 1. The highest BCUT2D eigenvalue weighted by Gasteiger charge is 2.14. The predicted molar refractivity (Wildman–Crippen MR) is 62.6 cm³/mol. The van der Waals surface area contributed by atoms with Gasteiger partial charge in [-0.2, -0.15) is 0 Å². The minimum absolute atomic E-state index is 0. The van der Waals surface area contributed by atoms with E-state index in [0.29, 0.717) is 15.9 Å². The molecule has 1 heterocycles. The van der Waals surface area contributed by atoms with E-state index in [1.807, 2.05) is 0 Å². The van der Waals surface area contributed by atoms with Gasteiger partial charge in [-0.15, -0.1) is 12.4 Å². The number of carbonyl (C=O) groups is 1. The first kappa shape index (κ1) is 12.5. The van der Waals surface area contributed by atoms with Gasteiger partial charge >= 0.3 is 5.97 Å². The zero-order valence-corrected chi connectivity index (χ0v) is 9.42. The average Bonchev–Trinajstić information content (AvgIpc) is 2.19. The first-order valence-corrected chi connectivity index (χ1v) is 4.48. The van der Waals surface area contributed by atoms with E-state index in [-0.39, 0.29) is 23.7 Å². The van der Waals surface area contributed by atoms with Crippen LogP contribution in [-0.4, -0.2) is 21.2 Å². The molecule has 0 radical (unpaired) electrons. The van der Waals surface area contributed by atoms with Crippen LogP contribution >= 0.6 is 24.0 Å². The lowest BCUT2D eigenvalue weighted by molar-refractivity contribution is 0.0693. The van der Waals surface area contributed by atoms with Gasteiger partial charge in [0.2, 0.25) is 0 Å². The second-order valence-corrected chi connectivity index (χ2v) is 3.37. The van der Waals surface area contributed by atoms with Crippen molar-refractivity contribution in [2.24, 2.45) is 0 Å². The summed E-state index contributed by atoms with van der Waals surface area (Å²) >= 11 is 5.84. The summed E-state index contributed by atoms with van der Waals surface area (Å²) in [5.74, 6) is -1.53. The standard InChI is InChI=1S/C10H6ClNO3.ClH/c11-7-3-1-2-5-8(7)12-4-6(9(5)13)10(14)15;/h1-4H,(H,12,13)(H,14,15);1H. The minimum atomic E-state index is -1.22. The fraction of sp³-hybridized carbons (Fsp3) is 0. The summed E-state index contributed by atoms with van der Waals surface area (Å²) in [6.45, 7) is 0.